The number of unbranched alkanes of at least 4 members (excludes halogenated alkanes) is 4. The zero-order valence-corrected chi connectivity index (χ0v) is 58.4. The predicted octanol–water partition coefficient (Wildman–Crippen LogP) is 19.3. The van der Waals surface area contributed by atoms with E-state index in [0.29, 0.717) is 23.7 Å². The number of hydrogen-bond acceptors (Lipinski definition) is 8. The number of benzene rings is 6. The fraction of sp³-hybridized carbons (Fsp3) is 0.412. The van der Waals surface area contributed by atoms with E-state index >= 15 is 0 Å². The highest BCUT2D eigenvalue weighted by molar-refractivity contribution is 5.98. The zero-order valence-electron chi connectivity index (χ0n) is 58.4. The number of aromatic nitrogens is 2. The Hall–Kier alpha value is -7.50. The monoisotopic (exact) mass is 1270 g/mol. The van der Waals surface area contributed by atoms with Gasteiger partial charge in [0, 0.05) is 70.7 Å². The number of aryl methyl sites for hydroxylation is 5. The number of para-hydroxylation sites is 1. The smallest absolute Gasteiger partial charge is 0.166 e. The largest absolute Gasteiger partial charge is 0.388 e. The number of hydrogen-bond donors (Lipinski definition) is 5. The minimum atomic E-state index is -0.316. The SMILES string of the molecule is C.CCCCC(c1ccc(C)cc1)c1ccccn1.CCCCCCC1=CN(c2ccc(C)cc2)C2C=CC=CC12.CNCCCC(O)c1ccc(C)cc1.CNCCc1c[nH]c2ccccc12.CNCc1ccc(C)cc1.Cc1ccc(C(=O)C2CCN(C)CC2)cc1. The average molecular weight is 1270 g/mol. The number of anilines is 1. The highest BCUT2D eigenvalue weighted by Gasteiger charge is 2.33. The van der Waals surface area contributed by atoms with Crippen LogP contribution in [0.25, 0.3) is 10.9 Å². The number of allylic oxidation sites excluding steroid dienone is 2. The Morgan fingerprint density at radius 1 is 0.606 bits per heavy atom. The number of ketones is 1. The molecule has 11 rings (SSSR count). The van der Waals surface area contributed by atoms with Gasteiger partial charge in [-0.1, -0.05) is 239 Å². The molecule has 8 aromatic rings. The third-order valence-corrected chi connectivity index (χ3v) is 17.8. The highest BCUT2D eigenvalue weighted by atomic mass is 16.3. The van der Waals surface area contributed by atoms with Crippen LogP contribution < -0.4 is 20.9 Å². The Balaban J connectivity index is 0.000000207. The first-order chi connectivity index (χ1) is 45.2. The number of carbonyl (C=O) groups is 1. The van der Waals surface area contributed by atoms with Gasteiger partial charge in [-0.15, -0.1) is 0 Å². The van der Waals surface area contributed by atoms with E-state index in [1.165, 1.54) is 118 Å². The summed E-state index contributed by atoms with van der Waals surface area (Å²) < 4.78 is 0. The van der Waals surface area contributed by atoms with Crippen molar-refractivity contribution in [2.75, 3.05) is 59.3 Å². The molecule has 0 amide bonds. The lowest BCUT2D eigenvalue weighted by Gasteiger charge is -2.28. The van der Waals surface area contributed by atoms with Gasteiger partial charge in [0.15, 0.2) is 5.78 Å². The van der Waals surface area contributed by atoms with E-state index in [1.807, 2.05) is 88.9 Å². The molecule has 9 nitrogen and oxygen atoms in total. The number of likely N-dealkylation sites (N-methyl/N-ethyl adjacent to an activating group) is 1. The van der Waals surface area contributed by atoms with Crippen LogP contribution in [0.3, 0.4) is 0 Å². The summed E-state index contributed by atoms with van der Waals surface area (Å²) in [5, 5.41) is 20.5. The van der Waals surface area contributed by atoms with Crippen molar-refractivity contribution in [1.29, 1.82) is 0 Å². The molecule has 504 valence electrons. The number of aliphatic hydroxyl groups excluding tert-OH is 1. The van der Waals surface area contributed by atoms with E-state index < -0.39 is 0 Å². The Kier molecular flexibility index (Phi) is 35.7. The molecule has 5 N–H and O–H groups in total. The van der Waals surface area contributed by atoms with E-state index in [1.54, 1.807) is 5.57 Å². The van der Waals surface area contributed by atoms with Gasteiger partial charge in [-0.3, -0.25) is 9.78 Å². The lowest BCUT2D eigenvalue weighted by molar-refractivity contribution is 0.0856. The molecule has 6 aromatic carbocycles. The number of fused-ring (bicyclic) bond motifs is 2. The van der Waals surface area contributed by atoms with Crippen LogP contribution in [0, 0.1) is 46.5 Å². The van der Waals surface area contributed by atoms with E-state index in [9.17, 15) is 9.90 Å². The molecule has 1 aliphatic carbocycles. The van der Waals surface area contributed by atoms with Crippen molar-refractivity contribution in [1.82, 2.24) is 30.8 Å². The average Bonchev–Trinajstić information content (AvgIpc) is 1.68. The first-order valence-electron chi connectivity index (χ1n) is 34.7. The lowest BCUT2D eigenvalue weighted by Crippen LogP contribution is -2.33. The van der Waals surface area contributed by atoms with Gasteiger partial charge in [-0.2, -0.15) is 0 Å². The molecule has 2 aromatic heterocycles. The number of aromatic amines is 1. The second-order valence-corrected chi connectivity index (χ2v) is 25.6. The summed E-state index contributed by atoms with van der Waals surface area (Å²) >= 11 is 0. The Morgan fingerprint density at radius 2 is 1.18 bits per heavy atom. The van der Waals surface area contributed by atoms with Gasteiger partial charge < -0.3 is 35.8 Å². The zero-order chi connectivity index (χ0) is 66.6. The summed E-state index contributed by atoms with van der Waals surface area (Å²) in [6, 6.07) is 57.4. The van der Waals surface area contributed by atoms with Crippen LogP contribution in [0.2, 0.25) is 0 Å². The first kappa shape index (κ1) is 77.2. The molecule has 0 saturated carbocycles. The number of pyridine rings is 1. The van der Waals surface area contributed by atoms with Crippen molar-refractivity contribution in [2.24, 2.45) is 11.8 Å². The maximum atomic E-state index is 12.2. The van der Waals surface area contributed by atoms with Crippen LogP contribution in [-0.2, 0) is 13.0 Å². The van der Waals surface area contributed by atoms with E-state index in [0.717, 1.165) is 76.0 Å². The molecule has 9 heteroatoms. The number of H-pyrrole nitrogens is 1. The molecule has 4 atom stereocenters. The topological polar surface area (TPSA) is 109 Å². The van der Waals surface area contributed by atoms with Crippen molar-refractivity contribution in [2.45, 2.75) is 164 Å². The molecule has 1 fully saturated rings. The normalized spacial score (nSPS) is 15.3. The van der Waals surface area contributed by atoms with Crippen molar-refractivity contribution in [3.05, 3.63) is 274 Å². The van der Waals surface area contributed by atoms with Crippen molar-refractivity contribution in [3.8, 4) is 0 Å². The fourth-order valence-corrected chi connectivity index (χ4v) is 11.9. The van der Waals surface area contributed by atoms with Gasteiger partial charge in [0.2, 0.25) is 0 Å². The second-order valence-electron chi connectivity index (χ2n) is 25.6. The van der Waals surface area contributed by atoms with Gasteiger partial charge in [-0.25, -0.2) is 0 Å². The number of likely N-dealkylation sites (tertiary alicyclic amines) is 1. The first-order valence-corrected chi connectivity index (χ1v) is 34.7. The lowest BCUT2D eigenvalue weighted by atomic mass is 9.88. The molecule has 2 aliphatic heterocycles. The molecular formula is C85H117N7O2. The molecule has 0 bridgehead atoms. The van der Waals surface area contributed by atoms with Crippen molar-refractivity contribution < 1.29 is 9.90 Å². The molecule has 3 aliphatic rings. The van der Waals surface area contributed by atoms with Crippen molar-refractivity contribution >= 4 is 22.4 Å². The number of nitrogens with zero attached hydrogens (tertiary/aromatic N) is 3. The third-order valence-electron chi connectivity index (χ3n) is 17.8. The number of piperidine rings is 1. The number of carbonyl (C=O) groups excluding carboxylic acids is 1. The fourth-order valence-electron chi connectivity index (χ4n) is 11.9. The molecule has 0 spiro atoms. The van der Waals surface area contributed by atoms with Crippen LogP contribution >= 0.6 is 0 Å². The van der Waals surface area contributed by atoms with Crippen LogP contribution in [-0.4, -0.2) is 86.2 Å². The second kappa shape index (κ2) is 43.5. The summed E-state index contributed by atoms with van der Waals surface area (Å²) in [6.45, 7) is 20.0. The molecule has 1 saturated heterocycles. The van der Waals surface area contributed by atoms with E-state index in [4.69, 9.17) is 0 Å². The van der Waals surface area contributed by atoms with Gasteiger partial charge in [0.25, 0.3) is 0 Å². The van der Waals surface area contributed by atoms with Gasteiger partial charge in [0.1, 0.15) is 0 Å². The maximum absolute atomic E-state index is 12.2. The van der Waals surface area contributed by atoms with E-state index in [-0.39, 0.29) is 19.4 Å². The number of aliphatic hydroxyl groups is 1. The van der Waals surface area contributed by atoms with Crippen LogP contribution in [0.5, 0.6) is 0 Å². The van der Waals surface area contributed by atoms with Crippen LogP contribution in [0.4, 0.5) is 5.69 Å². The minimum absolute atomic E-state index is 0. The number of Topliss-reactive ketones (excluding diaryl/α,β-unsaturated/α-hetero) is 1. The predicted molar refractivity (Wildman–Crippen MR) is 404 cm³/mol. The summed E-state index contributed by atoms with van der Waals surface area (Å²) in [5.41, 5.74) is 17.7. The Labute approximate surface area is 568 Å². The highest BCUT2D eigenvalue weighted by Crippen LogP contribution is 2.39. The maximum Gasteiger partial charge on any atom is 0.166 e. The molecular weight excluding hydrogens is 1150 g/mol. The Bertz CT molecular complexity index is 3400. The molecule has 4 heterocycles. The van der Waals surface area contributed by atoms with Gasteiger partial charge >= 0.3 is 0 Å². The molecule has 94 heavy (non-hydrogen) atoms. The van der Waals surface area contributed by atoms with Crippen LogP contribution in [0.15, 0.2) is 212 Å². The quantitative estimate of drug-likeness (QED) is 0.0318. The third kappa shape index (κ3) is 26.4. The Morgan fingerprint density at radius 3 is 1.78 bits per heavy atom. The van der Waals surface area contributed by atoms with Gasteiger partial charge in [-0.05, 0) is 199 Å². The molecule has 0 radical (unpaired) electrons. The van der Waals surface area contributed by atoms with E-state index in [2.05, 4.69) is 230 Å². The summed E-state index contributed by atoms with van der Waals surface area (Å²) in [7, 11) is 7.99. The summed E-state index contributed by atoms with van der Waals surface area (Å²) in [6.07, 6.45) is 30.4. The number of rotatable bonds is 23. The summed E-state index contributed by atoms with van der Waals surface area (Å²) in [5.74, 6) is 1.56. The minimum Gasteiger partial charge on any atom is -0.388 e. The van der Waals surface area contributed by atoms with Crippen molar-refractivity contribution in [3.63, 3.8) is 0 Å². The van der Waals surface area contributed by atoms with Gasteiger partial charge in [0.05, 0.1) is 12.1 Å². The van der Waals surface area contributed by atoms with Crippen LogP contribution in [0.1, 0.15) is 176 Å². The standard InChI is InChI=1S/C21H27N.C17H21N.C14H19NO.C12H19NO.C11H14N2.C9H13N.CH4/c1-3-4-5-6-9-18-16-22(19-14-12-17(2)13-15-19)21-11-8-7-10-20(18)21;1-3-4-7-16(17-8-5-6-13-18-17)15-11-9-14(2)10-12-15;1-11-3-5-12(6-4-11)14(16)13-7-9-15(2)10-8-13;1-10-5-7-11(8-6-10)12(14)4-3-9-13-2;1-12-7-6-9-8-13-11-5-3-2-4-10(9)11;1-8-3-5-9(6-4-8)7-10-2;/h7-8,10-16,20-21H,3-6,9H2,1-2H3;5-6,8-13,16H,3-4,7H2,1-2H3;3-6,13H,7-10H2,1-2H3;5-8,12-14H,3-4,9H2,1-2H3;2-5,8,12-13H,6-7H2,1H3;3-6,10H,7H2,1-2H3;1H4. The number of nitrogens with one attached hydrogen (secondary N) is 4. The molecule has 4 unspecified atom stereocenters. The summed E-state index contributed by atoms with van der Waals surface area (Å²) in [4.78, 5) is 24.7.